The van der Waals surface area contributed by atoms with Crippen LogP contribution in [0, 0.1) is 13.8 Å². The molecule has 0 aliphatic rings. The number of pyridine rings is 1. The van der Waals surface area contributed by atoms with Gasteiger partial charge in [-0.2, -0.15) is 0 Å². The van der Waals surface area contributed by atoms with Gasteiger partial charge in [0.05, 0.1) is 23.1 Å². The number of aromatic nitrogens is 1. The van der Waals surface area contributed by atoms with Crippen molar-refractivity contribution in [2.45, 2.75) is 20.3 Å². The van der Waals surface area contributed by atoms with Crippen LogP contribution < -0.4 is 10.2 Å². The van der Waals surface area contributed by atoms with Crippen LogP contribution in [0.5, 0.6) is 0 Å². The second-order valence-electron chi connectivity index (χ2n) is 8.54. The van der Waals surface area contributed by atoms with E-state index in [0.717, 1.165) is 22.3 Å². The molecule has 0 amide bonds. The molecule has 6 nitrogen and oxygen atoms in total. The predicted molar refractivity (Wildman–Crippen MR) is 142 cm³/mol. The molecule has 0 spiro atoms. The molecule has 0 unspecified atom stereocenters. The minimum atomic E-state index is -1.29. The predicted octanol–water partition coefficient (Wildman–Crippen LogP) is 3.85. The Hall–Kier alpha value is -4.35. The number of hydrogen-bond acceptors (Lipinski definition) is 6. The second-order valence-corrected chi connectivity index (χ2v) is 8.54. The van der Waals surface area contributed by atoms with E-state index in [1.807, 2.05) is 68.4 Å². The summed E-state index contributed by atoms with van der Waals surface area (Å²) in [6.45, 7) is 3.90. The fourth-order valence-electron chi connectivity index (χ4n) is 3.83. The van der Waals surface area contributed by atoms with Crippen molar-refractivity contribution < 1.29 is 31.5 Å². The Morgan fingerprint density at radius 1 is 0.895 bits per heavy atom. The monoisotopic (exact) mass is 545 g/mol. The van der Waals surface area contributed by atoms with Crippen molar-refractivity contribution in [1.29, 1.82) is 0 Å². The van der Waals surface area contributed by atoms with E-state index in [4.69, 9.17) is 0 Å². The SMILES string of the molecule is Cc1ccc(C)c(C/C(=C/N=C(c2ccccc2)c2ccccc2N=C([O-])c2ccccn2)C(=O)[O-])c1.[Ni+2]. The number of carboxylic acids is 1. The molecule has 192 valence electrons. The Labute approximate surface area is 232 Å². The molecule has 3 aromatic carbocycles. The first-order chi connectivity index (χ1) is 17.9. The maximum atomic E-state index is 12.8. The van der Waals surface area contributed by atoms with E-state index in [-0.39, 0.29) is 34.2 Å². The third-order valence-electron chi connectivity index (χ3n) is 5.81. The van der Waals surface area contributed by atoms with Gasteiger partial charge in [0, 0.05) is 35.8 Å². The third-order valence-corrected chi connectivity index (χ3v) is 5.81. The number of aliphatic carboxylic acids is 1. The number of nitrogens with zero attached hydrogens (tertiary/aromatic N) is 3. The molecule has 0 aliphatic heterocycles. The van der Waals surface area contributed by atoms with E-state index < -0.39 is 11.9 Å². The van der Waals surface area contributed by atoms with Crippen molar-refractivity contribution in [3.63, 3.8) is 0 Å². The van der Waals surface area contributed by atoms with E-state index in [1.165, 1.54) is 12.4 Å². The Morgan fingerprint density at radius 3 is 2.32 bits per heavy atom. The smallest absolute Gasteiger partial charge is 0.857 e. The fraction of sp³-hybridized carbons (Fsp3) is 0.0968. The van der Waals surface area contributed by atoms with E-state index in [0.29, 0.717) is 17.0 Å². The van der Waals surface area contributed by atoms with Crippen LogP contribution in [0.2, 0.25) is 0 Å². The van der Waals surface area contributed by atoms with Gasteiger partial charge in [-0.3, -0.25) is 15.0 Å². The topological polar surface area (TPSA) is 101 Å². The summed E-state index contributed by atoms with van der Waals surface area (Å²) in [7, 11) is 0. The number of rotatable bonds is 8. The molecule has 0 bridgehead atoms. The summed E-state index contributed by atoms with van der Waals surface area (Å²) in [5, 5.41) is 24.8. The molecule has 0 fully saturated rings. The molecule has 1 aromatic heterocycles. The maximum absolute atomic E-state index is 12.8. The van der Waals surface area contributed by atoms with Crippen LogP contribution in [0.25, 0.3) is 0 Å². The molecule has 4 rings (SSSR count). The fourth-order valence-corrected chi connectivity index (χ4v) is 3.83. The van der Waals surface area contributed by atoms with Crippen LogP contribution >= 0.6 is 0 Å². The van der Waals surface area contributed by atoms with Crippen LogP contribution in [0.4, 0.5) is 5.69 Å². The molecule has 0 aliphatic carbocycles. The van der Waals surface area contributed by atoms with Crippen LogP contribution in [0.1, 0.15) is 33.5 Å². The molecule has 0 radical (unpaired) electrons. The number of carbonyl (C=O) groups is 1. The van der Waals surface area contributed by atoms with E-state index in [1.54, 1.807) is 36.4 Å². The molecule has 7 heteroatoms. The first kappa shape index (κ1) is 28.2. The number of carboxylic acid groups (broad SMARTS) is 1. The standard InChI is InChI=1S/C31H27N3O3.Ni/c1-21-15-16-22(2)24(18-21)19-25(31(36)37)20-33-29(23-10-4-3-5-11-23)26-12-6-7-13-27(26)34-30(35)28-14-8-9-17-32-28;/h3-18,20H,19H2,1-2H3,(H,34,35)(H,36,37);/q;+2/p-2/b25-20-,33-29?;. The summed E-state index contributed by atoms with van der Waals surface area (Å²) in [6.07, 6.45) is 3.04. The van der Waals surface area contributed by atoms with Gasteiger partial charge in [0.25, 0.3) is 0 Å². The number of para-hydroxylation sites is 1. The van der Waals surface area contributed by atoms with E-state index in [2.05, 4.69) is 15.0 Å². The summed E-state index contributed by atoms with van der Waals surface area (Å²) in [5.41, 5.74) is 5.40. The zero-order valence-corrected chi connectivity index (χ0v) is 21.9. The summed E-state index contributed by atoms with van der Waals surface area (Å²) >= 11 is 0. The van der Waals surface area contributed by atoms with Crippen LogP contribution in [0.3, 0.4) is 0 Å². The van der Waals surface area contributed by atoms with Gasteiger partial charge in [-0.1, -0.05) is 78.4 Å². The first-order valence-electron chi connectivity index (χ1n) is 11.8. The molecule has 0 atom stereocenters. The van der Waals surface area contributed by atoms with Gasteiger partial charge in [-0.15, -0.1) is 0 Å². The summed E-state index contributed by atoms with van der Waals surface area (Å²) in [6, 6.07) is 27.4. The summed E-state index contributed by atoms with van der Waals surface area (Å²) in [5.74, 6) is -1.78. The Kier molecular flexibility index (Phi) is 9.86. The molecule has 0 saturated heterocycles. The van der Waals surface area contributed by atoms with Gasteiger partial charge in [0.1, 0.15) is 0 Å². The van der Waals surface area contributed by atoms with E-state index >= 15 is 0 Å². The molecule has 4 aromatic rings. The van der Waals surface area contributed by atoms with Crippen LogP contribution in [0.15, 0.2) is 119 Å². The van der Waals surface area contributed by atoms with Gasteiger partial charge >= 0.3 is 16.5 Å². The van der Waals surface area contributed by atoms with Gasteiger partial charge in [-0.25, -0.2) is 0 Å². The zero-order chi connectivity index (χ0) is 26.2. The molecule has 0 saturated carbocycles. The van der Waals surface area contributed by atoms with Crippen molar-refractivity contribution in [2.24, 2.45) is 9.98 Å². The van der Waals surface area contributed by atoms with Gasteiger partial charge in [0.2, 0.25) is 0 Å². The number of aryl methyl sites for hydroxylation is 2. The van der Waals surface area contributed by atoms with Crippen LogP contribution in [-0.2, 0) is 27.7 Å². The van der Waals surface area contributed by atoms with Crippen molar-refractivity contribution >= 4 is 23.3 Å². The largest absolute Gasteiger partial charge is 2.00 e. The van der Waals surface area contributed by atoms with Crippen molar-refractivity contribution in [3.8, 4) is 0 Å². The van der Waals surface area contributed by atoms with Crippen molar-refractivity contribution in [2.75, 3.05) is 0 Å². The molecular weight excluding hydrogens is 521 g/mol. The number of benzene rings is 3. The molecular formula is C31H25N3NiO3. The molecule has 1 heterocycles. The summed E-state index contributed by atoms with van der Waals surface area (Å²) < 4.78 is 0. The minimum Gasteiger partial charge on any atom is -0.857 e. The Bertz CT molecular complexity index is 1500. The van der Waals surface area contributed by atoms with Gasteiger partial charge < -0.3 is 15.0 Å². The van der Waals surface area contributed by atoms with E-state index in [9.17, 15) is 15.0 Å². The average Bonchev–Trinajstić information content (AvgIpc) is 2.91. The number of aliphatic imine (C=N–C) groups is 2. The summed E-state index contributed by atoms with van der Waals surface area (Å²) in [4.78, 5) is 25.0. The zero-order valence-electron chi connectivity index (χ0n) is 20.9. The first-order valence-corrected chi connectivity index (χ1v) is 11.8. The Balaban J connectivity index is 0.00000400. The Morgan fingerprint density at radius 2 is 1.61 bits per heavy atom. The molecule has 38 heavy (non-hydrogen) atoms. The van der Waals surface area contributed by atoms with Gasteiger partial charge in [0.15, 0.2) is 0 Å². The molecule has 0 N–H and O–H groups in total. The van der Waals surface area contributed by atoms with Gasteiger partial charge in [-0.05, 0) is 48.7 Å². The number of hydrogen-bond donors (Lipinski definition) is 0. The quantitative estimate of drug-likeness (QED) is 0.145. The number of carbonyl (C=O) groups excluding carboxylic acids is 1. The minimum absolute atomic E-state index is 0. The van der Waals surface area contributed by atoms with Crippen LogP contribution in [-0.4, -0.2) is 22.6 Å². The third kappa shape index (κ3) is 7.12. The van der Waals surface area contributed by atoms with Crippen molar-refractivity contribution in [3.05, 3.63) is 142 Å². The maximum Gasteiger partial charge on any atom is 2.00 e. The van der Waals surface area contributed by atoms with Crippen molar-refractivity contribution in [1.82, 2.24) is 4.98 Å². The second kappa shape index (κ2) is 13.3. The average molecular weight is 546 g/mol. The normalized spacial score (nSPS) is 12.1.